The van der Waals surface area contributed by atoms with Gasteiger partial charge in [-0.25, -0.2) is 4.98 Å². The maximum Gasteiger partial charge on any atom is 0.180 e. The van der Waals surface area contributed by atoms with Crippen LogP contribution in [0.15, 0.2) is 114 Å². The minimum absolute atomic E-state index is 0.337. The fourth-order valence-electron chi connectivity index (χ4n) is 4.33. The largest absolute Gasteiger partial charge is 0.487 e. The van der Waals surface area contributed by atoms with Crippen LogP contribution in [0, 0.1) is 6.92 Å². The Balaban J connectivity index is 1.29. The third-order valence-electron chi connectivity index (χ3n) is 6.28. The van der Waals surface area contributed by atoms with Crippen LogP contribution >= 0.6 is 11.9 Å². The summed E-state index contributed by atoms with van der Waals surface area (Å²) in [7, 11) is 0. The molecule has 5 rings (SSSR count). The van der Waals surface area contributed by atoms with Crippen LogP contribution in [0.2, 0.25) is 0 Å². The quantitative estimate of drug-likeness (QED) is 0.161. The number of oxazole rings is 1. The van der Waals surface area contributed by atoms with E-state index in [1.54, 1.807) is 18.2 Å². The Kier molecular flexibility index (Phi) is 8.71. The number of aromatic nitrogens is 1. The smallest absolute Gasteiger partial charge is 0.180 e. The topological polar surface area (TPSA) is 59.8 Å². The van der Waals surface area contributed by atoms with Gasteiger partial charge in [-0.1, -0.05) is 66.5 Å². The molecule has 0 unspecified atom stereocenters. The summed E-state index contributed by atoms with van der Waals surface area (Å²) in [5, 5.41) is 0. The van der Waals surface area contributed by atoms with E-state index in [1.165, 1.54) is 28.8 Å². The summed E-state index contributed by atoms with van der Waals surface area (Å²) in [4.78, 5) is 6.50. The predicted octanol–water partition coefficient (Wildman–Crippen LogP) is 8.25. The monoisotopic (exact) mass is 537 g/mol. The first kappa shape index (κ1) is 26.3. The van der Waals surface area contributed by atoms with E-state index in [0.717, 1.165) is 30.2 Å². The summed E-state index contributed by atoms with van der Waals surface area (Å²) in [5.74, 6) is 2.18. The number of anilines is 2. The van der Waals surface area contributed by atoms with Crippen LogP contribution < -0.4 is 19.1 Å². The lowest BCUT2D eigenvalue weighted by molar-refractivity contribution is 0.299. The Morgan fingerprint density at radius 1 is 0.821 bits per heavy atom. The summed E-state index contributed by atoms with van der Waals surface area (Å²) in [6, 6.07) is 32.9. The molecule has 1 aromatic heterocycles. The maximum atomic E-state index is 6.12. The van der Waals surface area contributed by atoms with Crippen molar-refractivity contribution in [3.8, 4) is 17.2 Å². The summed E-state index contributed by atoms with van der Waals surface area (Å²) < 4.78 is 20.3. The lowest BCUT2D eigenvalue weighted by Crippen LogP contribution is -2.23. The number of hydrogen-bond acceptors (Lipinski definition) is 7. The molecule has 0 fully saturated rings. The molecule has 0 aliphatic carbocycles. The van der Waals surface area contributed by atoms with Crippen LogP contribution in [-0.2, 0) is 19.7 Å². The van der Waals surface area contributed by atoms with Gasteiger partial charge in [0.1, 0.15) is 35.8 Å². The Morgan fingerprint density at radius 3 is 2.31 bits per heavy atom. The highest BCUT2D eigenvalue weighted by Gasteiger charge is 2.14. The molecule has 0 amide bonds. The number of benzene rings is 4. The second-order valence-electron chi connectivity index (χ2n) is 9.09. The molecule has 0 radical (unpaired) electrons. The fraction of sp³-hybridized carbons (Fsp3) is 0.156. The molecular weight excluding hydrogens is 506 g/mol. The molecule has 1 N–H and O–H groups in total. The zero-order valence-electron chi connectivity index (χ0n) is 22.0. The normalized spacial score (nSPS) is 10.7. The van der Waals surface area contributed by atoms with Crippen molar-refractivity contribution < 1.29 is 13.9 Å². The average Bonchev–Trinajstić information content (AvgIpc) is 3.49. The van der Waals surface area contributed by atoms with Gasteiger partial charge in [-0.15, -0.1) is 0 Å². The van der Waals surface area contributed by atoms with Gasteiger partial charge in [-0.05, 0) is 60.0 Å². The van der Waals surface area contributed by atoms with E-state index in [9.17, 15) is 0 Å². The van der Waals surface area contributed by atoms with Crippen molar-refractivity contribution in [2.45, 2.75) is 26.6 Å². The lowest BCUT2D eigenvalue weighted by atomic mass is 10.1. The van der Waals surface area contributed by atoms with Crippen molar-refractivity contribution in [3.63, 3.8) is 0 Å². The van der Waals surface area contributed by atoms with Crippen LogP contribution in [0.1, 0.15) is 22.4 Å². The minimum atomic E-state index is 0.337. The van der Waals surface area contributed by atoms with Crippen molar-refractivity contribution in [2.75, 3.05) is 15.9 Å². The Bertz CT molecular complexity index is 1460. The third kappa shape index (κ3) is 7.15. The highest BCUT2D eigenvalue weighted by molar-refractivity contribution is 7.99. The van der Waals surface area contributed by atoms with Crippen LogP contribution in [0.3, 0.4) is 0 Å². The Morgan fingerprint density at radius 2 is 1.56 bits per heavy atom. The van der Waals surface area contributed by atoms with Gasteiger partial charge in [-0.2, -0.15) is 0 Å². The van der Waals surface area contributed by atoms with Crippen molar-refractivity contribution in [3.05, 3.63) is 132 Å². The number of rotatable bonds is 12. The van der Waals surface area contributed by atoms with Gasteiger partial charge in [0.25, 0.3) is 0 Å². The second-order valence-corrected chi connectivity index (χ2v) is 9.70. The van der Waals surface area contributed by atoms with E-state index in [1.807, 2.05) is 42.7 Å². The molecule has 198 valence electrons. The highest BCUT2D eigenvalue weighted by atomic mass is 32.2. The molecule has 6 nitrogen and oxygen atoms in total. The second kappa shape index (κ2) is 12.9. The summed E-state index contributed by atoms with van der Waals surface area (Å²) in [5.41, 5.74) is 6.78. The molecule has 1 heterocycles. The van der Waals surface area contributed by atoms with Crippen molar-refractivity contribution in [1.29, 1.82) is 0 Å². The fourth-order valence-corrected chi connectivity index (χ4v) is 4.77. The summed E-state index contributed by atoms with van der Waals surface area (Å²) in [6.45, 7) is 4.09. The van der Waals surface area contributed by atoms with Gasteiger partial charge >= 0.3 is 0 Å². The molecule has 0 aliphatic heterocycles. The molecule has 0 atom stereocenters. The Labute approximate surface area is 233 Å². The van der Waals surface area contributed by atoms with E-state index in [0.29, 0.717) is 18.1 Å². The minimum Gasteiger partial charge on any atom is -0.487 e. The summed E-state index contributed by atoms with van der Waals surface area (Å²) >= 11 is 1.61. The molecule has 7 heteroatoms. The molecule has 0 bridgehead atoms. The van der Waals surface area contributed by atoms with Gasteiger partial charge in [0.05, 0.1) is 0 Å². The van der Waals surface area contributed by atoms with E-state index in [4.69, 9.17) is 13.9 Å². The molecule has 0 aliphatic rings. The zero-order valence-corrected chi connectivity index (χ0v) is 22.9. The van der Waals surface area contributed by atoms with Crippen molar-refractivity contribution in [1.82, 2.24) is 4.98 Å². The predicted molar refractivity (Wildman–Crippen MR) is 158 cm³/mol. The third-order valence-corrected chi connectivity index (χ3v) is 6.71. The first-order valence-corrected chi connectivity index (χ1v) is 13.9. The van der Waals surface area contributed by atoms with Crippen molar-refractivity contribution in [2.24, 2.45) is 0 Å². The number of hydrogen-bond donors (Lipinski definition) is 1. The molecule has 0 saturated carbocycles. The van der Waals surface area contributed by atoms with Crippen LogP contribution in [-0.4, -0.2) is 11.2 Å². The first-order chi connectivity index (χ1) is 19.2. The van der Waals surface area contributed by atoms with Gasteiger partial charge in [0, 0.05) is 36.8 Å². The molecule has 0 saturated heterocycles. The Hall–Kier alpha value is -4.36. The van der Waals surface area contributed by atoms with Gasteiger partial charge in [-0.3, -0.25) is 0 Å². The standard InChI is InChI=1S/C32H31N3O3S/c1-24-31(34-39-2)12-7-13-32(24)35(19-25-8-4-3-5-9-25)20-26-14-16-28(17-15-26)38-30-11-6-10-29(18-30)37-22-27-21-36-23-33-27/h3-18,21,23,34H,19-20,22H2,1-2H3. The summed E-state index contributed by atoms with van der Waals surface area (Å²) in [6.07, 6.45) is 5.01. The van der Waals surface area contributed by atoms with Gasteiger partial charge < -0.3 is 23.5 Å². The maximum absolute atomic E-state index is 6.12. The van der Waals surface area contributed by atoms with Crippen LogP contribution in [0.25, 0.3) is 0 Å². The highest BCUT2D eigenvalue weighted by Crippen LogP contribution is 2.31. The first-order valence-electron chi connectivity index (χ1n) is 12.7. The molecule has 39 heavy (non-hydrogen) atoms. The molecule has 5 aromatic rings. The SMILES string of the molecule is CSNc1cccc(N(Cc2ccccc2)Cc2ccc(Oc3cccc(OCc4cocn4)c3)cc2)c1C. The molecule has 0 spiro atoms. The van der Waals surface area contributed by atoms with Crippen molar-refractivity contribution >= 4 is 23.3 Å². The number of ether oxygens (including phenoxy) is 2. The van der Waals surface area contributed by atoms with Crippen LogP contribution in [0.5, 0.6) is 17.2 Å². The van der Waals surface area contributed by atoms with E-state index < -0.39 is 0 Å². The van der Waals surface area contributed by atoms with Gasteiger partial charge in [0.2, 0.25) is 0 Å². The number of nitrogens with zero attached hydrogens (tertiary/aromatic N) is 2. The molecular formula is C32H31N3O3S. The van der Waals surface area contributed by atoms with E-state index >= 15 is 0 Å². The lowest BCUT2D eigenvalue weighted by Gasteiger charge is -2.28. The molecule has 4 aromatic carbocycles. The zero-order chi connectivity index (χ0) is 26.9. The average molecular weight is 538 g/mol. The van der Waals surface area contributed by atoms with E-state index in [-0.39, 0.29) is 0 Å². The van der Waals surface area contributed by atoms with Crippen LogP contribution in [0.4, 0.5) is 11.4 Å². The van der Waals surface area contributed by atoms with Gasteiger partial charge in [0.15, 0.2) is 6.39 Å². The van der Waals surface area contributed by atoms with E-state index in [2.05, 4.69) is 82.2 Å². The number of nitrogens with one attached hydrogen (secondary N) is 1.